The molecule has 0 aliphatic heterocycles. The van der Waals surface area contributed by atoms with E-state index in [0.717, 1.165) is 51.4 Å². The molecular formula is C32H61O8P. The van der Waals surface area contributed by atoms with E-state index in [1.54, 1.807) is 0 Å². The van der Waals surface area contributed by atoms with Crippen LogP contribution in [-0.4, -0.2) is 41.0 Å². The summed E-state index contributed by atoms with van der Waals surface area (Å²) in [5.74, 6) is -0.895. The molecule has 9 heteroatoms. The summed E-state index contributed by atoms with van der Waals surface area (Å²) in [5.41, 5.74) is 0. The van der Waals surface area contributed by atoms with Gasteiger partial charge in [-0.2, -0.15) is 0 Å². The maximum absolute atomic E-state index is 12.3. The maximum atomic E-state index is 12.3. The van der Waals surface area contributed by atoms with Crippen LogP contribution in [0.2, 0.25) is 0 Å². The standard InChI is InChI=1S/C32H61O8P/c1-3-5-7-9-11-13-14-15-16-17-19-21-23-25-27-32(34)40-30(29-39-41(35,36)37)28-38-31(33)26-24-22-20-18-12-10-8-6-4-2/h14-15,30H,3-13,16-29H2,1-2H3,(H2,35,36,37)/b15-14-/t30-/m1/s1. The predicted octanol–water partition coefficient (Wildman–Crippen LogP) is 9.12. The number of hydrogen-bond donors (Lipinski definition) is 2. The van der Waals surface area contributed by atoms with E-state index in [2.05, 4.69) is 30.5 Å². The van der Waals surface area contributed by atoms with Crippen molar-refractivity contribution >= 4 is 19.8 Å². The van der Waals surface area contributed by atoms with Crippen LogP contribution < -0.4 is 0 Å². The van der Waals surface area contributed by atoms with E-state index in [4.69, 9.17) is 19.3 Å². The number of ether oxygens (including phenoxy) is 2. The molecule has 1 atom stereocenters. The van der Waals surface area contributed by atoms with Crippen molar-refractivity contribution in [1.29, 1.82) is 0 Å². The molecule has 41 heavy (non-hydrogen) atoms. The molecule has 0 bridgehead atoms. The molecule has 0 aliphatic carbocycles. The summed E-state index contributed by atoms with van der Waals surface area (Å²) < 4.78 is 26.1. The second kappa shape index (κ2) is 28.9. The highest BCUT2D eigenvalue weighted by Gasteiger charge is 2.22. The SMILES string of the molecule is CCCCCCC/C=C\CCCCCCCC(=O)O[C@H](COC(=O)CCCCCCCCCCC)COP(=O)(O)O. The molecule has 0 spiro atoms. The van der Waals surface area contributed by atoms with Crippen molar-refractivity contribution in [3.63, 3.8) is 0 Å². The minimum Gasteiger partial charge on any atom is -0.462 e. The van der Waals surface area contributed by atoms with Gasteiger partial charge in [0.2, 0.25) is 0 Å². The van der Waals surface area contributed by atoms with Crippen LogP contribution >= 0.6 is 7.82 Å². The lowest BCUT2D eigenvalue weighted by molar-refractivity contribution is -0.161. The van der Waals surface area contributed by atoms with Crippen LogP contribution in [0.4, 0.5) is 0 Å². The van der Waals surface area contributed by atoms with Crippen LogP contribution in [0.5, 0.6) is 0 Å². The van der Waals surface area contributed by atoms with Gasteiger partial charge < -0.3 is 19.3 Å². The number of allylic oxidation sites excluding steroid dienone is 2. The summed E-state index contributed by atoms with van der Waals surface area (Å²) in [5, 5.41) is 0. The van der Waals surface area contributed by atoms with Crippen LogP contribution in [0.1, 0.15) is 162 Å². The first-order valence-electron chi connectivity index (χ1n) is 16.5. The van der Waals surface area contributed by atoms with Crippen LogP contribution in [-0.2, 0) is 28.2 Å². The van der Waals surface area contributed by atoms with Gasteiger partial charge in [0.1, 0.15) is 6.61 Å². The van der Waals surface area contributed by atoms with Crippen molar-refractivity contribution in [2.75, 3.05) is 13.2 Å². The molecule has 0 saturated heterocycles. The first-order chi connectivity index (χ1) is 19.8. The van der Waals surface area contributed by atoms with Crippen molar-refractivity contribution in [3.8, 4) is 0 Å². The average Bonchev–Trinajstić information content (AvgIpc) is 2.93. The summed E-state index contributed by atoms with van der Waals surface area (Å²) in [7, 11) is -4.74. The van der Waals surface area contributed by atoms with Crippen molar-refractivity contribution in [3.05, 3.63) is 12.2 Å². The largest absolute Gasteiger partial charge is 0.469 e. The Labute approximate surface area is 250 Å². The molecule has 0 aliphatic rings. The molecule has 0 unspecified atom stereocenters. The number of carbonyl (C=O) groups is 2. The van der Waals surface area contributed by atoms with E-state index in [1.165, 1.54) is 77.0 Å². The van der Waals surface area contributed by atoms with E-state index in [1.807, 2.05) is 0 Å². The Morgan fingerprint density at radius 2 is 1.02 bits per heavy atom. The second-order valence-corrected chi connectivity index (χ2v) is 12.4. The van der Waals surface area contributed by atoms with E-state index in [0.29, 0.717) is 6.42 Å². The van der Waals surface area contributed by atoms with Crippen molar-refractivity contribution < 1.29 is 37.9 Å². The Morgan fingerprint density at radius 3 is 1.49 bits per heavy atom. The number of phosphoric ester groups is 1. The van der Waals surface area contributed by atoms with Crippen LogP contribution in [0, 0.1) is 0 Å². The average molecular weight is 605 g/mol. The normalized spacial score (nSPS) is 12.6. The summed E-state index contributed by atoms with van der Waals surface area (Å²) in [4.78, 5) is 42.4. The van der Waals surface area contributed by atoms with Gasteiger partial charge in [0.15, 0.2) is 6.10 Å². The molecular weight excluding hydrogens is 543 g/mol. The van der Waals surface area contributed by atoms with E-state index < -0.39 is 32.5 Å². The third-order valence-corrected chi connectivity index (χ3v) is 7.52. The van der Waals surface area contributed by atoms with Gasteiger partial charge in [0, 0.05) is 12.8 Å². The third kappa shape index (κ3) is 31.6. The molecule has 0 rings (SSSR count). The zero-order valence-electron chi connectivity index (χ0n) is 26.2. The molecule has 2 N–H and O–H groups in total. The smallest absolute Gasteiger partial charge is 0.462 e. The van der Waals surface area contributed by atoms with Gasteiger partial charge in [-0.25, -0.2) is 4.57 Å². The topological polar surface area (TPSA) is 119 Å². The van der Waals surface area contributed by atoms with Crippen molar-refractivity contribution in [1.82, 2.24) is 0 Å². The van der Waals surface area contributed by atoms with Crippen molar-refractivity contribution in [2.45, 2.75) is 168 Å². The van der Waals surface area contributed by atoms with E-state index >= 15 is 0 Å². The fraction of sp³-hybridized carbons (Fsp3) is 0.875. The minimum absolute atomic E-state index is 0.205. The highest BCUT2D eigenvalue weighted by atomic mass is 31.2. The lowest BCUT2D eigenvalue weighted by atomic mass is 10.1. The molecule has 0 aromatic rings. The third-order valence-electron chi connectivity index (χ3n) is 7.03. The molecule has 0 heterocycles. The number of unbranched alkanes of at least 4 members (excludes halogenated alkanes) is 18. The minimum atomic E-state index is -4.74. The summed E-state index contributed by atoms with van der Waals surface area (Å²) in [6.45, 7) is 3.62. The van der Waals surface area contributed by atoms with Crippen LogP contribution in [0.15, 0.2) is 12.2 Å². The molecule has 0 aromatic carbocycles. The first kappa shape index (κ1) is 39.8. The van der Waals surface area contributed by atoms with E-state index in [-0.39, 0.29) is 19.4 Å². The molecule has 0 fully saturated rings. The number of phosphoric acid groups is 1. The van der Waals surface area contributed by atoms with Crippen LogP contribution in [0.3, 0.4) is 0 Å². The highest BCUT2D eigenvalue weighted by molar-refractivity contribution is 7.46. The molecule has 0 radical (unpaired) electrons. The Hall–Kier alpha value is -1.21. The molecule has 242 valence electrons. The Kier molecular flexibility index (Phi) is 28.0. The first-order valence-corrected chi connectivity index (χ1v) is 18.0. The number of esters is 2. The lowest BCUT2D eigenvalue weighted by Crippen LogP contribution is -2.29. The molecule has 0 aromatic heterocycles. The van der Waals surface area contributed by atoms with Gasteiger partial charge in [-0.15, -0.1) is 0 Å². The zero-order valence-corrected chi connectivity index (χ0v) is 27.1. The quantitative estimate of drug-likeness (QED) is 0.0360. The predicted molar refractivity (Wildman–Crippen MR) is 166 cm³/mol. The monoisotopic (exact) mass is 604 g/mol. The molecule has 0 amide bonds. The van der Waals surface area contributed by atoms with Gasteiger partial charge in [0.25, 0.3) is 0 Å². The number of hydrogen-bond acceptors (Lipinski definition) is 6. The van der Waals surface area contributed by atoms with Gasteiger partial charge in [0.05, 0.1) is 6.61 Å². The lowest BCUT2D eigenvalue weighted by Gasteiger charge is -2.18. The fourth-order valence-electron chi connectivity index (χ4n) is 4.54. The number of carbonyl (C=O) groups excluding carboxylic acids is 2. The Bertz CT molecular complexity index is 691. The van der Waals surface area contributed by atoms with E-state index in [9.17, 15) is 14.2 Å². The fourth-order valence-corrected chi connectivity index (χ4v) is 4.90. The maximum Gasteiger partial charge on any atom is 0.469 e. The summed E-state index contributed by atoms with van der Waals surface area (Å²) >= 11 is 0. The Balaban J connectivity index is 4.02. The highest BCUT2D eigenvalue weighted by Crippen LogP contribution is 2.35. The van der Waals surface area contributed by atoms with Gasteiger partial charge in [-0.3, -0.25) is 14.1 Å². The van der Waals surface area contributed by atoms with Crippen molar-refractivity contribution in [2.24, 2.45) is 0 Å². The van der Waals surface area contributed by atoms with Gasteiger partial charge in [-0.05, 0) is 38.5 Å². The summed E-state index contributed by atoms with van der Waals surface area (Å²) in [6.07, 6.45) is 28.0. The zero-order chi connectivity index (χ0) is 30.4. The summed E-state index contributed by atoms with van der Waals surface area (Å²) in [6, 6.07) is 0. The van der Waals surface area contributed by atoms with Gasteiger partial charge >= 0.3 is 19.8 Å². The molecule has 0 saturated carbocycles. The Morgan fingerprint density at radius 1 is 0.610 bits per heavy atom. The number of rotatable bonds is 30. The second-order valence-electron chi connectivity index (χ2n) is 11.1. The molecule has 8 nitrogen and oxygen atoms in total. The van der Waals surface area contributed by atoms with Gasteiger partial charge in [-0.1, -0.05) is 122 Å². The van der Waals surface area contributed by atoms with Crippen LogP contribution in [0.25, 0.3) is 0 Å².